The Hall–Kier alpha value is -6.32. The molecule has 0 aliphatic rings. The monoisotopic (exact) mass is 600 g/mol. The highest BCUT2D eigenvalue weighted by Gasteiger charge is 2.24. The van der Waals surface area contributed by atoms with Crippen LogP contribution < -0.4 is 0 Å². The van der Waals surface area contributed by atoms with E-state index < -0.39 is 0 Å². The lowest BCUT2D eigenvalue weighted by atomic mass is 9.91. The number of rotatable bonds is 4. The minimum atomic E-state index is 0.884. The predicted octanol–water partition coefficient (Wildman–Crippen LogP) is 12.0. The molecule has 3 nitrogen and oxygen atoms in total. The SMILES string of the molecule is c1ccc(-n2c3ccccc3c3cccc(-c4ccccc4-c4cccc5oc6c7ccccc7n(-c7ccccc7)c6c45)c32)cc1. The number of benzene rings is 7. The van der Waals surface area contributed by atoms with Crippen molar-refractivity contribution >= 4 is 54.8 Å². The van der Waals surface area contributed by atoms with Crippen molar-refractivity contribution < 1.29 is 4.42 Å². The lowest BCUT2D eigenvalue weighted by Crippen LogP contribution is -1.96. The summed E-state index contributed by atoms with van der Waals surface area (Å²) in [5, 5.41) is 4.71. The molecule has 10 aromatic rings. The van der Waals surface area contributed by atoms with Crippen molar-refractivity contribution in [2.24, 2.45) is 0 Å². The highest BCUT2D eigenvalue weighted by atomic mass is 16.3. The smallest absolute Gasteiger partial charge is 0.161 e. The van der Waals surface area contributed by atoms with Crippen molar-refractivity contribution in [3.63, 3.8) is 0 Å². The second-order valence-electron chi connectivity index (χ2n) is 12.1. The number of aromatic nitrogens is 2. The number of fused-ring (bicyclic) bond motifs is 8. The van der Waals surface area contributed by atoms with Gasteiger partial charge in [-0.25, -0.2) is 0 Å². The van der Waals surface area contributed by atoms with Crippen molar-refractivity contribution in [3.8, 4) is 33.6 Å². The minimum Gasteiger partial charge on any atom is -0.454 e. The van der Waals surface area contributed by atoms with Gasteiger partial charge in [0.2, 0.25) is 0 Å². The summed E-state index contributed by atoms with van der Waals surface area (Å²) in [6, 6.07) is 60.6. The summed E-state index contributed by atoms with van der Waals surface area (Å²) < 4.78 is 11.5. The van der Waals surface area contributed by atoms with Crippen molar-refractivity contribution in [1.82, 2.24) is 9.13 Å². The molecule has 10 rings (SSSR count). The Morgan fingerprint density at radius 1 is 0.340 bits per heavy atom. The summed E-state index contributed by atoms with van der Waals surface area (Å²) in [6.45, 7) is 0. The molecule has 3 aromatic heterocycles. The summed E-state index contributed by atoms with van der Waals surface area (Å²) >= 11 is 0. The molecule has 3 heterocycles. The topological polar surface area (TPSA) is 23.0 Å². The summed E-state index contributed by atoms with van der Waals surface area (Å²) in [6.07, 6.45) is 0. The van der Waals surface area contributed by atoms with Crippen LogP contribution in [0, 0.1) is 0 Å². The van der Waals surface area contributed by atoms with E-state index in [-0.39, 0.29) is 0 Å². The maximum Gasteiger partial charge on any atom is 0.161 e. The third-order valence-corrected chi connectivity index (χ3v) is 9.53. The molecule has 220 valence electrons. The van der Waals surface area contributed by atoms with Gasteiger partial charge in [-0.1, -0.05) is 121 Å². The van der Waals surface area contributed by atoms with E-state index in [0.717, 1.165) is 49.9 Å². The van der Waals surface area contributed by atoms with Crippen LogP contribution in [0.3, 0.4) is 0 Å². The lowest BCUT2D eigenvalue weighted by molar-refractivity contribution is 0.673. The van der Waals surface area contributed by atoms with Gasteiger partial charge in [0.05, 0.1) is 21.9 Å². The number of hydrogen-bond donors (Lipinski definition) is 0. The summed E-state index contributed by atoms with van der Waals surface area (Å²) in [5.74, 6) is 0. The molecule has 0 amide bonds. The van der Waals surface area contributed by atoms with Crippen molar-refractivity contribution in [2.75, 3.05) is 0 Å². The van der Waals surface area contributed by atoms with Gasteiger partial charge in [-0.2, -0.15) is 0 Å². The van der Waals surface area contributed by atoms with Crippen LogP contribution >= 0.6 is 0 Å². The standard InChI is InChI=1S/C44H28N2O/c1-3-15-29(16-4-1)45-38-26-11-9-21-33(38)36-25-13-24-35(42(36)45)32-20-8-7-19-31(32)34-23-14-28-40-41(34)43-44(47-40)37-22-10-12-27-39(37)46(43)30-17-5-2-6-18-30/h1-28H. The molecule has 47 heavy (non-hydrogen) atoms. The Morgan fingerprint density at radius 2 is 0.830 bits per heavy atom. The van der Waals surface area contributed by atoms with E-state index in [1.165, 1.54) is 38.5 Å². The molecule has 0 saturated carbocycles. The highest BCUT2D eigenvalue weighted by Crippen LogP contribution is 2.46. The predicted molar refractivity (Wildman–Crippen MR) is 196 cm³/mol. The van der Waals surface area contributed by atoms with Gasteiger partial charge < -0.3 is 13.6 Å². The van der Waals surface area contributed by atoms with Crippen LogP contribution in [0.25, 0.3) is 88.4 Å². The molecule has 0 bridgehead atoms. The van der Waals surface area contributed by atoms with E-state index in [2.05, 4.69) is 179 Å². The van der Waals surface area contributed by atoms with Gasteiger partial charge in [-0.05, 0) is 65.2 Å². The zero-order chi connectivity index (χ0) is 30.9. The first-order valence-electron chi connectivity index (χ1n) is 16.0. The molecular weight excluding hydrogens is 572 g/mol. The van der Waals surface area contributed by atoms with Crippen LogP contribution in [0.15, 0.2) is 174 Å². The van der Waals surface area contributed by atoms with Crippen LogP contribution in [0.1, 0.15) is 0 Å². The summed E-state index contributed by atoms with van der Waals surface area (Å²) in [7, 11) is 0. The third kappa shape index (κ3) is 3.74. The number of hydrogen-bond acceptors (Lipinski definition) is 1. The van der Waals surface area contributed by atoms with Gasteiger partial charge in [-0.15, -0.1) is 0 Å². The van der Waals surface area contributed by atoms with Crippen molar-refractivity contribution in [3.05, 3.63) is 170 Å². The molecule has 0 aliphatic carbocycles. The first kappa shape index (κ1) is 26.0. The van der Waals surface area contributed by atoms with Crippen LogP contribution in [0.2, 0.25) is 0 Å². The highest BCUT2D eigenvalue weighted by molar-refractivity contribution is 6.21. The second-order valence-corrected chi connectivity index (χ2v) is 12.1. The normalized spacial score (nSPS) is 11.8. The Morgan fingerprint density at radius 3 is 1.55 bits per heavy atom. The fraction of sp³-hybridized carbons (Fsp3) is 0. The average Bonchev–Trinajstić information content (AvgIpc) is 3.79. The van der Waals surface area contributed by atoms with E-state index in [9.17, 15) is 0 Å². The van der Waals surface area contributed by atoms with Gasteiger partial charge in [0, 0.05) is 33.1 Å². The molecule has 0 saturated heterocycles. The summed E-state index contributed by atoms with van der Waals surface area (Å²) in [4.78, 5) is 0. The van der Waals surface area contributed by atoms with Gasteiger partial charge in [-0.3, -0.25) is 0 Å². The molecule has 0 atom stereocenters. The number of furan rings is 1. The second kappa shape index (κ2) is 10.1. The zero-order valence-corrected chi connectivity index (χ0v) is 25.5. The van der Waals surface area contributed by atoms with Gasteiger partial charge >= 0.3 is 0 Å². The molecule has 0 fully saturated rings. The molecule has 0 aliphatic heterocycles. The van der Waals surface area contributed by atoms with E-state index in [0.29, 0.717) is 0 Å². The fourth-order valence-electron chi connectivity index (χ4n) is 7.61. The number of nitrogens with zero attached hydrogens (tertiary/aromatic N) is 2. The van der Waals surface area contributed by atoms with E-state index in [1.807, 2.05) is 0 Å². The van der Waals surface area contributed by atoms with Crippen LogP contribution in [-0.4, -0.2) is 9.13 Å². The largest absolute Gasteiger partial charge is 0.454 e. The van der Waals surface area contributed by atoms with E-state index >= 15 is 0 Å². The first-order valence-corrected chi connectivity index (χ1v) is 16.0. The fourth-order valence-corrected chi connectivity index (χ4v) is 7.61. The summed E-state index contributed by atoms with van der Waals surface area (Å²) in [5.41, 5.74) is 13.4. The zero-order valence-electron chi connectivity index (χ0n) is 25.5. The quantitative estimate of drug-likeness (QED) is 0.197. The number of para-hydroxylation sites is 5. The molecule has 7 aromatic carbocycles. The van der Waals surface area contributed by atoms with Crippen LogP contribution in [0.4, 0.5) is 0 Å². The van der Waals surface area contributed by atoms with Crippen molar-refractivity contribution in [2.45, 2.75) is 0 Å². The first-order chi connectivity index (χ1) is 23.4. The average molecular weight is 601 g/mol. The Bertz CT molecular complexity index is 2780. The minimum absolute atomic E-state index is 0.884. The van der Waals surface area contributed by atoms with Gasteiger partial charge in [0.15, 0.2) is 5.58 Å². The third-order valence-electron chi connectivity index (χ3n) is 9.53. The van der Waals surface area contributed by atoms with E-state index in [1.54, 1.807) is 0 Å². The molecule has 0 unspecified atom stereocenters. The maximum absolute atomic E-state index is 6.74. The molecule has 3 heteroatoms. The Labute approximate surface area is 271 Å². The van der Waals surface area contributed by atoms with Gasteiger partial charge in [0.1, 0.15) is 11.1 Å². The Kier molecular flexibility index (Phi) is 5.57. The lowest BCUT2D eigenvalue weighted by Gasteiger charge is -2.15. The van der Waals surface area contributed by atoms with Crippen molar-refractivity contribution in [1.29, 1.82) is 0 Å². The van der Waals surface area contributed by atoms with Gasteiger partial charge in [0.25, 0.3) is 0 Å². The van der Waals surface area contributed by atoms with Crippen LogP contribution in [-0.2, 0) is 0 Å². The Balaban J connectivity index is 1.32. The molecule has 0 N–H and O–H groups in total. The molecular formula is C44H28N2O. The van der Waals surface area contributed by atoms with Crippen LogP contribution in [0.5, 0.6) is 0 Å². The molecule has 0 spiro atoms. The van der Waals surface area contributed by atoms with E-state index in [4.69, 9.17) is 4.42 Å². The molecule has 0 radical (unpaired) electrons. The maximum atomic E-state index is 6.74.